The Bertz CT molecular complexity index is 2000. The molecule has 8 rings (SSSR count). The summed E-state index contributed by atoms with van der Waals surface area (Å²) in [6.45, 7) is 6.50. The first-order valence-corrected chi connectivity index (χ1v) is 19.8. The fourth-order valence-corrected chi connectivity index (χ4v) is 9.02. The second-order valence-electron chi connectivity index (χ2n) is 15.3. The van der Waals surface area contributed by atoms with E-state index in [-0.39, 0.29) is 57.7 Å². The molecule has 1 amide bonds. The molecule has 2 aromatic carbocycles. The van der Waals surface area contributed by atoms with Crippen LogP contribution in [0.15, 0.2) is 24.3 Å². The van der Waals surface area contributed by atoms with Crippen molar-refractivity contribution in [3.05, 3.63) is 41.5 Å². The number of benzene rings is 2. The van der Waals surface area contributed by atoms with Crippen LogP contribution in [0.5, 0.6) is 17.6 Å². The number of pyridine rings is 1. The summed E-state index contributed by atoms with van der Waals surface area (Å²) in [6.07, 6.45) is 10.0. The van der Waals surface area contributed by atoms with Gasteiger partial charge in [-0.3, -0.25) is 0 Å². The number of fused-ring (bicyclic) bond motifs is 3. The number of phenolic OH excluding ortho intramolecular Hbond substituents is 1. The Morgan fingerprint density at radius 1 is 1.05 bits per heavy atom. The first-order chi connectivity index (χ1) is 26.7. The van der Waals surface area contributed by atoms with E-state index in [1.807, 2.05) is 11.8 Å². The molecule has 3 atom stereocenters. The maximum atomic E-state index is 17.1. The molecule has 4 aliphatic rings. The first kappa shape index (κ1) is 38.7. The van der Waals surface area contributed by atoms with E-state index in [0.29, 0.717) is 54.3 Å². The Morgan fingerprint density at radius 2 is 1.87 bits per heavy atom. The maximum Gasteiger partial charge on any atom is 0.404 e. The van der Waals surface area contributed by atoms with Gasteiger partial charge in [-0.1, -0.05) is 19.4 Å². The van der Waals surface area contributed by atoms with E-state index in [1.54, 1.807) is 6.07 Å². The van der Waals surface area contributed by atoms with Crippen molar-refractivity contribution in [1.82, 2.24) is 25.6 Å². The number of hydrogen-bond acceptors (Lipinski definition) is 10. The number of nitrogens with one attached hydrogen (secondary N) is 2. The third-order valence-electron chi connectivity index (χ3n) is 11.7. The van der Waals surface area contributed by atoms with Gasteiger partial charge in [-0.25, -0.2) is 18.6 Å². The third-order valence-corrected chi connectivity index (χ3v) is 11.7. The zero-order valence-corrected chi connectivity index (χ0v) is 31.8. The van der Waals surface area contributed by atoms with Gasteiger partial charge in [0.25, 0.3) is 0 Å². The smallest absolute Gasteiger partial charge is 0.404 e. The van der Waals surface area contributed by atoms with Crippen LogP contribution in [0.3, 0.4) is 0 Å². The molecule has 12 nitrogen and oxygen atoms in total. The number of aromatic hydroxyl groups is 1. The lowest BCUT2D eigenvalue weighted by Gasteiger charge is -2.39. The zero-order valence-electron chi connectivity index (χ0n) is 31.8. The molecular formula is C41H52F2N6O6. The number of piperidine rings is 2. The fraction of sp³-hybridized carbons (Fsp3) is 0.561. The molecule has 296 valence electrons. The number of rotatable bonds is 9. The standard InChI is InChI=1S/C36H42F2N6O5.C5H10O/c1-3-23-25(37)10-9-21-15-22(45)16-24(27(21)23)30-29(38)31-28(33(41-30)48-2)32(44-14-5-7-20(18-44)17-40-35(46)47)43-34(42-31)49-19-36-11-4-8-26(36)39-13-6-12-36;1-2-4-6-5-3-1/h9-10,15-16,20,26,39-40,45H,3-8,11-14,17-19H2,1-2H3,(H,46,47);1-5H2. The molecule has 3 saturated heterocycles. The minimum atomic E-state index is -1.09. The van der Waals surface area contributed by atoms with Gasteiger partial charge >= 0.3 is 12.1 Å². The number of carbonyl (C=O) groups is 1. The Morgan fingerprint density at radius 3 is 2.60 bits per heavy atom. The number of amides is 1. The van der Waals surface area contributed by atoms with Crippen LogP contribution in [0.25, 0.3) is 32.9 Å². The predicted molar refractivity (Wildman–Crippen MR) is 206 cm³/mol. The summed E-state index contributed by atoms with van der Waals surface area (Å²) in [4.78, 5) is 27.4. The van der Waals surface area contributed by atoms with Crippen LogP contribution in [-0.2, 0) is 11.2 Å². The van der Waals surface area contributed by atoms with E-state index in [4.69, 9.17) is 19.2 Å². The van der Waals surface area contributed by atoms with Gasteiger partial charge in [0.1, 0.15) is 34.0 Å². The molecule has 0 spiro atoms. The second-order valence-corrected chi connectivity index (χ2v) is 15.3. The summed E-state index contributed by atoms with van der Waals surface area (Å²) in [7, 11) is 1.43. The minimum Gasteiger partial charge on any atom is -0.508 e. The van der Waals surface area contributed by atoms with Gasteiger partial charge in [-0.2, -0.15) is 9.97 Å². The highest BCUT2D eigenvalue weighted by molar-refractivity contribution is 6.03. The van der Waals surface area contributed by atoms with Crippen molar-refractivity contribution in [3.63, 3.8) is 0 Å². The third kappa shape index (κ3) is 8.21. The van der Waals surface area contributed by atoms with Crippen molar-refractivity contribution in [3.8, 4) is 28.9 Å². The van der Waals surface area contributed by atoms with Crippen molar-refractivity contribution in [2.24, 2.45) is 11.3 Å². The van der Waals surface area contributed by atoms with Crippen LogP contribution in [0.1, 0.15) is 76.7 Å². The molecule has 0 radical (unpaired) electrons. The van der Waals surface area contributed by atoms with E-state index in [2.05, 4.69) is 20.6 Å². The number of ether oxygens (including phenoxy) is 3. The maximum absolute atomic E-state index is 17.1. The molecule has 3 aliphatic heterocycles. The number of methoxy groups -OCH3 is 1. The second kappa shape index (κ2) is 17.1. The quantitative estimate of drug-likeness (QED) is 0.135. The molecule has 2 aromatic heterocycles. The number of aryl methyl sites for hydroxylation is 1. The molecule has 1 saturated carbocycles. The largest absolute Gasteiger partial charge is 0.508 e. The molecule has 4 aromatic rings. The van der Waals surface area contributed by atoms with Gasteiger partial charge < -0.3 is 40.0 Å². The Kier molecular flexibility index (Phi) is 12.0. The predicted octanol–water partition coefficient (Wildman–Crippen LogP) is 7.37. The molecule has 3 unspecified atom stereocenters. The number of phenols is 1. The lowest BCUT2D eigenvalue weighted by atomic mass is 9.76. The number of aromatic nitrogens is 3. The normalized spacial score (nSPS) is 22.5. The molecule has 4 fully saturated rings. The van der Waals surface area contributed by atoms with Gasteiger partial charge in [0, 0.05) is 49.9 Å². The summed E-state index contributed by atoms with van der Waals surface area (Å²) < 4.78 is 49.5. The Balaban J connectivity index is 0.000000708. The van der Waals surface area contributed by atoms with Crippen LogP contribution in [0, 0.1) is 23.0 Å². The topological polar surface area (TPSA) is 151 Å². The van der Waals surface area contributed by atoms with Gasteiger partial charge in [0.15, 0.2) is 5.82 Å². The SMILES string of the molecule is C1CCOCC1.CCc1c(F)ccc2cc(O)cc(-c3nc(OC)c4c(N5CCCC(CNC(=O)O)C5)nc(OCC56CCCNC5CCC6)nc4c3F)c12. The van der Waals surface area contributed by atoms with Crippen molar-refractivity contribution < 1.29 is 38.0 Å². The summed E-state index contributed by atoms with van der Waals surface area (Å²) in [5.74, 6) is -0.887. The van der Waals surface area contributed by atoms with Crippen LogP contribution in [0.4, 0.5) is 19.4 Å². The van der Waals surface area contributed by atoms with Crippen molar-refractivity contribution >= 4 is 33.6 Å². The van der Waals surface area contributed by atoms with Crippen LogP contribution in [0.2, 0.25) is 0 Å². The zero-order chi connectivity index (χ0) is 38.5. The molecule has 4 N–H and O–H groups in total. The number of carboxylic acid groups (broad SMARTS) is 1. The lowest BCUT2D eigenvalue weighted by molar-refractivity contribution is 0.0798. The van der Waals surface area contributed by atoms with Crippen LogP contribution < -0.4 is 25.0 Å². The van der Waals surface area contributed by atoms with Crippen molar-refractivity contribution in [2.75, 3.05) is 58.0 Å². The minimum absolute atomic E-state index is 0.00484. The highest BCUT2D eigenvalue weighted by Crippen LogP contribution is 2.46. The van der Waals surface area contributed by atoms with E-state index in [0.717, 1.165) is 64.7 Å². The molecular weight excluding hydrogens is 710 g/mol. The number of hydrogen-bond donors (Lipinski definition) is 4. The number of halogens is 2. The average Bonchev–Trinajstić information content (AvgIpc) is 3.64. The van der Waals surface area contributed by atoms with E-state index in [9.17, 15) is 15.0 Å². The van der Waals surface area contributed by atoms with Gasteiger partial charge in [-0.05, 0) is 111 Å². The van der Waals surface area contributed by atoms with E-state index < -0.39 is 17.7 Å². The van der Waals surface area contributed by atoms with Crippen LogP contribution >= 0.6 is 0 Å². The average molecular weight is 763 g/mol. The highest BCUT2D eigenvalue weighted by Gasteiger charge is 2.45. The summed E-state index contributed by atoms with van der Waals surface area (Å²) >= 11 is 0. The van der Waals surface area contributed by atoms with Gasteiger partial charge in [0.2, 0.25) is 5.88 Å². The van der Waals surface area contributed by atoms with Crippen LogP contribution in [-0.4, -0.2) is 90.4 Å². The number of anilines is 1. The Hall–Kier alpha value is -4.56. The molecule has 0 bridgehead atoms. The van der Waals surface area contributed by atoms with Gasteiger partial charge in [-0.15, -0.1) is 0 Å². The molecule has 55 heavy (non-hydrogen) atoms. The van der Waals surface area contributed by atoms with Crippen molar-refractivity contribution in [1.29, 1.82) is 0 Å². The van der Waals surface area contributed by atoms with E-state index in [1.165, 1.54) is 44.6 Å². The highest BCUT2D eigenvalue weighted by atomic mass is 19.1. The van der Waals surface area contributed by atoms with Gasteiger partial charge in [0.05, 0.1) is 13.7 Å². The molecule has 14 heteroatoms. The summed E-state index contributed by atoms with van der Waals surface area (Å²) in [5.41, 5.74) is 0.317. The summed E-state index contributed by atoms with van der Waals surface area (Å²) in [6, 6.07) is 6.16. The lowest BCUT2D eigenvalue weighted by Crippen LogP contribution is -2.49. The van der Waals surface area contributed by atoms with Crippen molar-refractivity contribution in [2.45, 2.75) is 83.6 Å². The molecule has 5 heterocycles. The molecule has 1 aliphatic carbocycles. The Labute approximate surface area is 320 Å². The monoisotopic (exact) mass is 762 g/mol. The summed E-state index contributed by atoms with van der Waals surface area (Å²) in [5, 5.41) is 27.3. The number of nitrogens with zero attached hydrogens (tertiary/aromatic N) is 4. The fourth-order valence-electron chi connectivity index (χ4n) is 9.02. The van der Waals surface area contributed by atoms with E-state index >= 15 is 8.78 Å². The first-order valence-electron chi connectivity index (χ1n) is 19.8.